The zero-order valence-corrected chi connectivity index (χ0v) is 14.4. The van der Waals surface area contributed by atoms with Crippen molar-refractivity contribution >= 4 is 30.0 Å². The fourth-order valence-corrected chi connectivity index (χ4v) is 4.68. The highest BCUT2D eigenvalue weighted by molar-refractivity contribution is 8.03. The van der Waals surface area contributed by atoms with E-state index in [2.05, 4.69) is 4.99 Å². The number of rotatable bonds is 9. The van der Waals surface area contributed by atoms with Crippen LogP contribution < -0.4 is 11.5 Å². The molecule has 8 nitrogen and oxygen atoms in total. The number of carboxylic acid groups (broad SMARTS) is 1. The first kappa shape index (κ1) is 18.8. The van der Waals surface area contributed by atoms with Gasteiger partial charge in [-0.25, -0.2) is 4.79 Å². The number of nitrogens with zero attached hydrogens (tertiary/aromatic N) is 2. The van der Waals surface area contributed by atoms with Crippen molar-refractivity contribution in [3.05, 3.63) is 10.6 Å². The molecule has 0 unspecified atom stereocenters. The summed E-state index contributed by atoms with van der Waals surface area (Å²) in [4.78, 5) is 30.0. The average Bonchev–Trinajstić information content (AvgIpc) is 2.79. The zero-order valence-electron chi connectivity index (χ0n) is 13.6. The van der Waals surface area contributed by atoms with Crippen LogP contribution in [0.4, 0.5) is 0 Å². The van der Waals surface area contributed by atoms with Gasteiger partial charge in [-0.3, -0.25) is 9.79 Å². The zero-order chi connectivity index (χ0) is 17.9. The second kappa shape index (κ2) is 8.00. The molecule has 0 aliphatic carbocycles. The number of carboxylic acids is 1. The van der Waals surface area contributed by atoms with Crippen LogP contribution in [0.3, 0.4) is 0 Å². The standard InChI is InChI=1S/C15H24N4O4S/c1-8(20)10-11-9(3-2-4-16)13(24-6-5-18-7-17)12(15(22)23)19(11)14(10)21/h7-11,20H,2-6,16H2,1H3,(H2,17,18)(H,22,23)/t8-,9-,10-,11-/m1/s1. The van der Waals surface area contributed by atoms with E-state index < -0.39 is 18.0 Å². The minimum absolute atomic E-state index is 0.0469. The molecule has 0 aromatic rings. The third kappa shape index (κ3) is 3.28. The summed E-state index contributed by atoms with van der Waals surface area (Å²) in [5, 5.41) is 19.5. The Morgan fingerprint density at radius 2 is 2.25 bits per heavy atom. The summed E-state index contributed by atoms with van der Waals surface area (Å²) in [6.07, 6.45) is 1.83. The Bertz CT molecular complexity index is 564. The van der Waals surface area contributed by atoms with Gasteiger partial charge in [-0.05, 0) is 26.3 Å². The van der Waals surface area contributed by atoms with Crippen molar-refractivity contribution in [2.24, 2.45) is 28.3 Å². The quantitative estimate of drug-likeness (QED) is 0.190. The molecule has 0 radical (unpaired) electrons. The van der Waals surface area contributed by atoms with Crippen LogP contribution in [0.5, 0.6) is 0 Å². The van der Waals surface area contributed by atoms with Crippen LogP contribution in [0, 0.1) is 11.8 Å². The lowest BCUT2D eigenvalue weighted by atomic mass is 9.77. The maximum Gasteiger partial charge on any atom is 0.353 e. The molecule has 24 heavy (non-hydrogen) atoms. The molecule has 2 rings (SSSR count). The third-order valence-corrected chi connectivity index (χ3v) is 5.63. The van der Waals surface area contributed by atoms with E-state index in [1.807, 2.05) is 0 Å². The van der Waals surface area contributed by atoms with Gasteiger partial charge in [0.1, 0.15) is 5.70 Å². The number of aliphatic hydroxyl groups is 1. The first-order chi connectivity index (χ1) is 11.5. The van der Waals surface area contributed by atoms with Crippen molar-refractivity contribution in [3.8, 4) is 0 Å². The Labute approximate surface area is 145 Å². The van der Waals surface area contributed by atoms with Crippen LogP contribution in [0.1, 0.15) is 19.8 Å². The molecule has 0 aromatic heterocycles. The van der Waals surface area contributed by atoms with Crippen LogP contribution in [0.25, 0.3) is 0 Å². The monoisotopic (exact) mass is 356 g/mol. The minimum atomic E-state index is -1.11. The number of aliphatic hydroxyl groups excluding tert-OH is 1. The molecule has 1 fully saturated rings. The summed E-state index contributed by atoms with van der Waals surface area (Å²) in [6.45, 7) is 2.54. The molecule has 2 heterocycles. The molecular weight excluding hydrogens is 332 g/mol. The van der Waals surface area contributed by atoms with Crippen LogP contribution in [-0.2, 0) is 9.59 Å². The highest BCUT2D eigenvalue weighted by atomic mass is 32.2. The van der Waals surface area contributed by atoms with Gasteiger partial charge in [0.05, 0.1) is 30.9 Å². The topological polar surface area (TPSA) is 142 Å². The maximum atomic E-state index is 12.3. The maximum absolute atomic E-state index is 12.3. The highest BCUT2D eigenvalue weighted by Gasteiger charge is 2.60. The van der Waals surface area contributed by atoms with Gasteiger partial charge >= 0.3 is 5.97 Å². The Morgan fingerprint density at radius 1 is 1.54 bits per heavy atom. The molecule has 6 N–H and O–H groups in total. The van der Waals surface area contributed by atoms with Crippen molar-refractivity contribution in [1.29, 1.82) is 0 Å². The van der Waals surface area contributed by atoms with Crippen molar-refractivity contribution < 1.29 is 19.8 Å². The number of thioether (sulfide) groups is 1. The normalized spacial score (nSPS) is 27.5. The fourth-order valence-electron chi connectivity index (χ4n) is 3.47. The summed E-state index contributed by atoms with van der Waals surface area (Å²) in [5.74, 6) is -1.52. The van der Waals surface area contributed by atoms with Gasteiger partial charge in [0, 0.05) is 16.6 Å². The first-order valence-corrected chi connectivity index (χ1v) is 8.95. The molecular formula is C15H24N4O4S. The van der Waals surface area contributed by atoms with E-state index in [1.165, 1.54) is 23.0 Å². The number of fused-ring (bicyclic) bond motifs is 1. The van der Waals surface area contributed by atoms with Crippen LogP contribution >= 0.6 is 11.8 Å². The Balaban J connectivity index is 2.29. The Morgan fingerprint density at radius 3 is 2.79 bits per heavy atom. The number of aliphatic imine (C=N–C) groups is 1. The molecule has 1 saturated heterocycles. The summed E-state index contributed by atoms with van der Waals surface area (Å²) in [5.41, 5.74) is 10.9. The molecule has 2 aliphatic rings. The van der Waals surface area contributed by atoms with Gasteiger partial charge in [0.2, 0.25) is 5.91 Å². The van der Waals surface area contributed by atoms with Gasteiger partial charge < -0.3 is 26.6 Å². The van der Waals surface area contributed by atoms with Gasteiger partial charge in [-0.2, -0.15) is 0 Å². The van der Waals surface area contributed by atoms with Crippen molar-refractivity contribution in [2.45, 2.75) is 31.9 Å². The second-order valence-corrected chi connectivity index (χ2v) is 7.06. The van der Waals surface area contributed by atoms with Crippen LogP contribution in [0.15, 0.2) is 15.6 Å². The van der Waals surface area contributed by atoms with E-state index in [0.29, 0.717) is 30.2 Å². The number of aliphatic carboxylic acids is 1. The predicted molar refractivity (Wildman–Crippen MR) is 92.2 cm³/mol. The summed E-state index contributed by atoms with van der Waals surface area (Å²) in [6, 6.07) is -0.296. The van der Waals surface area contributed by atoms with E-state index in [9.17, 15) is 19.8 Å². The van der Waals surface area contributed by atoms with Crippen molar-refractivity contribution in [2.75, 3.05) is 18.8 Å². The molecule has 9 heteroatoms. The summed E-state index contributed by atoms with van der Waals surface area (Å²) >= 11 is 1.40. The number of β-lactam (4-membered cyclic amide) rings is 1. The largest absolute Gasteiger partial charge is 0.477 e. The third-order valence-electron chi connectivity index (χ3n) is 4.44. The van der Waals surface area contributed by atoms with Crippen molar-refractivity contribution in [1.82, 2.24) is 4.90 Å². The fraction of sp³-hybridized carbons (Fsp3) is 0.667. The SMILES string of the molecule is C[C@@H](O)[C@H]1C(=O)N2C(C(=O)O)=C(SCCN=CN)[C@H](CCCN)[C@H]12. The van der Waals surface area contributed by atoms with E-state index in [4.69, 9.17) is 11.5 Å². The molecule has 0 aromatic carbocycles. The summed E-state index contributed by atoms with van der Waals surface area (Å²) < 4.78 is 0. The first-order valence-electron chi connectivity index (χ1n) is 7.97. The Hall–Kier alpha value is -1.58. The lowest BCUT2D eigenvalue weighted by Crippen LogP contribution is -2.63. The molecule has 134 valence electrons. The van der Waals surface area contributed by atoms with E-state index in [-0.39, 0.29) is 23.6 Å². The second-order valence-electron chi connectivity index (χ2n) is 5.92. The van der Waals surface area contributed by atoms with E-state index in [0.717, 1.165) is 6.42 Å². The molecule has 0 bridgehead atoms. The minimum Gasteiger partial charge on any atom is -0.477 e. The average molecular weight is 356 g/mol. The molecule has 1 amide bonds. The van der Waals surface area contributed by atoms with E-state index in [1.54, 1.807) is 6.92 Å². The molecule has 0 spiro atoms. The molecule has 0 saturated carbocycles. The lowest BCUT2D eigenvalue weighted by molar-refractivity contribution is -0.163. The predicted octanol–water partition coefficient (Wildman–Crippen LogP) is -0.421. The number of nitrogens with two attached hydrogens (primary N) is 2. The summed E-state index contributed by atoms with van der Waals surface area (Å²) in [7, 11) is 0. The molecule has 4 atom stereocenters. The van der Waals surface area contributed by atoms with Gasteiger partial charge in [0.15, 0.2) is 0 Å². The van der Waals surface area contributed by atoms with E-state index >= 15 is 0 Å². The number of carbonyl (C=O) groups is 2. The number of hydrogen-bond acceptors (Lipinski definition) is 6. The van der Waals surface area contributed by atoms with Gasteiger partial charge in [0.25, 0.3) is 0 Å². The highest BCUT2D eigenvalue weighted by Crippen LogP contribution is 2.52. The lowest BCUT2D eigenvalue weighted by Gasteiger charge is -2.47. The van der Waals surface area contributed by atoms with Gasteiger partial charge in [-0.15, -0.1) is 11.8 Å². The number of amides is 1. The smallest absolute Gasteiger partial charge is 0.353 e. The molecule has 2 aliphatic heterocycles. The van der Waals surface area contributed by atoms with Crippen LogP contribution in [-0.4, -0.2) is 64.3 Å². The Kier molecular flexibility index (Phi) is 6.25. The van der Waals surface area contributed by atoms with Crippen molar-refractivity contribution in [3.63, 3.8) is 0 Å². The number of carbonyl (C=O) groups excluding carboxylic acids is 1. The number of hydrogen-bond donors (Lipinski definition) is 4. The van der Waals surface area contributed by atoms with Gasteiger partial charge in [-0.1, -0.05) is 0 Å². The van der Waals surface area contributed by atoms with Crippen LogP contribution in [0.2, 0.25) is 0 Å².